The fourth-order valence-electron chi connectivity index (χ4n) is 2.09. The van der Waals surface area contributed by atoms with Gasteiger partial charge in [-0.25, -0.2) is 13.1 Å². The predicted molar refractivity (Wildman–Crippen MR) is 92.8 cm³/mol. The predicted octanol–water partition coefficient (Wildman–Crippen LogP) is 2.63. The molecule has 0 aliphatic carbocycles. The molecule has 0 spiro atoms. The first-order valence-electron chi connectivity index (χ1n) is 7.39. The first-order valence-corrected chi connectivity index (χ1v) is 8.88. The molecule has 2 aromatic rings. The van der Waals surface area contributed by atoms with Crippen molar-refractivity contribution in [3.8, 4) is 5.75 Å². The molecule has 0 saturated carbocycles. The van der Waals surface area contributed by atoms with Gasteiger partial charge in [0.25, 0.3) is 5.91 Å². The van der Waals surface area contributed by atoms with E-state index >= 15 is 0 Å². The zero-order chi connectivity index (χ0) is 17.7. The molecular weight excluding hydrogens is 328 g/mol. The van der Waals surface area contributed by atoms with Crippen molar-refractivity contribution >= 4 is 21.6 Å². The van der Waals surface area contributed by atoms with E-state index in [-0.39, 0.29) is 16.5 Å². The second kappa shape index (κ2) is 7.46. The van der Waals surface area contributed by atoms with Crippen molar-refractivity contribution in [2.75, 3.05) is 12.4 Å². The number of anilines is 1. The Balaban J connectivity index is 2.23. The minimum atomic E-state index is -3.65. The smallest absolute Gasteiger partial charge is 0.255 e. The molecule has 0 bridgehead atoms. The highest BCUT2D eigenvalue weighted by Gasteiger charge is 2.17. The molecule has 1 amide bonds. The second-order valence-electron chi connectivity index (χ2n) is 5.49. The molecule has 6 nitrogen and oxygen atoms in total. The summed E-state index contributed by atoms with van der Waals surface area (Å²) >= 11 is 0. The maximum absolute atomic E-state index is 12.3. The molecule has 0 fully saturated rings. The summed E-state index contributed by atoms with van der Waals surface area (Å²) in [5, 5.41) is 2.72. The average Bonchev–Trinajstić information content (AvgIpc) is 2.54. The van der Waals surface area contributed by atoms with E-state index in [2.05, 4.69) is 10.0 Å². The van der Waals surface area contributed by atoms with E-state index < -0.39 is 15.9 Å². The lowest BCUT2D eigenvalue weighted by atomic mass is 10.2. The van der Waals surface area contributed by atoms with E-state index in [4.69, 9.17) is 4.74 Å². The van der Waals surface area contributed by atoms with Gasteiger partial charge in [-0.1, -0.05) is 12.1 Å². The van der Waals surface area contributed by atoms with Gasteiger partial charge < -0.3 is 10.1 Å². The van der Waals surface area contributed by atoms with Crippen molar-refractivity contribution < 1.29 is 17.9 Å². The van der Waals surface area contributed by atoms with E-state index in [1.807, 2.05) is 0 Å². The van der Waals surface area contributed by atoms with Crippen LogP contribution in [0.1, 0.15) is 24.2 Å². The number of rotatable bonds is 6. The average molecular weight is 348 g/mol. The van der Waals surface area contributed by atoms with Crippen molar-refractivity contribution in [2.24, 2.45) is 0 Å². The van der Waals surface area contributed by atoms with Crippen molar-refractivity contribution in [1.82, 2.24) is 4.72 Å². The number of ether oxygens (including phenoxy) is 1. The van der Waals surface area contributed by atoms with E-state index in [9.17, 15) is 13.2 Å². The number of carbonyl (C=O) groups excluding carboxylic acids is 1. The van der Waals surface area contributed by atoms with Gasteiger partial charge in [-0.2, -0.15) is 0 Å². The van der Waals surface area contributed by atoms with Gasteiger partial charge in [0.15, 0.2) is 0 Å². The largest absolute Gasteiger partial charge is 0.497 e. The zero-order valence-corrected chi connectivity index (χ0v) is 14.6. The Morgan fingerprint density at radius 3 is 2.46 bits per heavy atom. The van der Waals surface area contributed by atoms with Crippen LogP contribution in [0.15, 0.2) is 53.4 Å². The van der Waals surface area contributed by atoms with Crippen LogP contribution in [-0.2, 0) is 10.0 Å². The molecule has 0 unspecified atom stereocenters. The number of sulfonamides is 1. The first-order chi connectivity index (χ1) is 11.3. The summed E-state index contributed by atoms with van der Waals surface area (Å²) in [6.07, 6.45) is 0. The summed E-state index contributed by atoms with van der Waals surface area (Å²) in [5.74, 6) is 0.218. The Kier molecular flexibility index (Phi) is 5.58. The zero-order valence-electron chi connectivity index (χ0n) is 13.7. The van der Waals surface area contributed by atoms with Crippen LogP contribution in [-0.4, -0.2) is 27.5 Å². The lowest BCUT2D eigenvalue weighted by Gasteiger charge is -2.11. The van der Waals surface area contributed by atoms with Crippen LogP contribution >= 0.6 is 0 Å². The number of benzene rings is 2. The van der Waals surface area contributed by atoms with Gasteiger partial charge in [0.1, 0.15) is 5.75 Å². The molecule has 0 radical (unpaired) electrons. The Morgan fingerprint density at radius 2 is 1.79 bits per heavy atom. The van der Waals surface area contributed by atoms with Gasteiger partial charge in [-0.05, 0) is 44.2 Å². The molecule has 0 aliphatic heterocycles. The molecule has 2 aromatic carbocycles. The van der Waals surface area contributed by atoms with Crippen molar-refractivity contribution in [3.05, 3.63) is 54.1 Å². The normalized spacial score (nSPS) is 11.3. The van der Waals surface area contributed by atoms with Gasteiger partial charge in [0, 0.05) is 23.4 Å². The quantitative estimate of drug-likeness (QED) is 0.840. The lowest BCUT2D eigenvalue weighted by Crippen LogP contribution is -2.30. The van der Waals surface area contributed by atoms with Gasteiger partial charge >= 0.3 is 0 Å². The fraction of sp³-hybridized carbons (Fsp3) is 0.235. The summed E-state index contributed by atoms with van der Waals surface area (Å²) in [7, 11) is -2.11. The third-order valence-electron chi connectivity index (χ3n) is 3.12. The molecule has 0 atom stereocenters. The molecule has 0 aliphatic rings. The summed E-state index contributed by atoms with van der Waals surface area (Å²) in [6, 6.07) is 12.6. The summed E-state index contributed by atoms with van der Waals surface area (Å²) in [6.45, 7) is 3.47. The number of hydrogen-bond donors (Lipinski definition) is 2. The van der Waals surface area contributed by atoms with Crippen LogP contribution in [0.2, 0.25) is 0 Å². The topological polar surface area (TPSA) is 84.5 Å². The Labute approximate surface area is 141 Å². The highest BCUT2D eigenvalue weighted by molar-refractivity contribution is 7.89. The third-order valence-corrected chi connectivity index (χ3v) is 4.78. The number of carbonyl (C=O) groups is 1. The Bertz CT molecular complexity index is 832. The van der Waals surface area contributed by atoms with Gasteiger partial charge in [0.2, 0.25) is 10.0 Å². The molecular formula is C17H20N2O4S. The van der Waals surface area contributed by atoms with E-state index in [1.54, 1.807) is 44.2 Å². The minimum Gasteiger partial charge on any atom is -0.497 e. The monoisotopic (exact) mass is 348 g/mol. The molecule has 24 heavy (non-hydrogen) atoms. The van der Waals surface area contributed by atoms with Crippen molar-refractivity contribution in [2.45, 2.75) is 24.8 Å². The standard InChI is InChI=1S/C17H20N2O4S/c1-12(2)19-24(21,22)16-9-4-6-13(10-16)17(20)18-14-7-5-8-15(11-14)23-3/h4-12,19H,1-3H3,(H,18,20). The van der Waals surface area contributed by atoms with E-state index in [1.165, 1.54) is 25.3 Å². The second-order valence-corrected chi connectivity index (χ2v) is 7.20. The number of nitrogens with one attached hydrogen (secondary N) is 2. The molecule has 2 N–H and O–H groups in total. The van der Waals surface area contributed by atoms with E-state index in [0.717, 1.165) is 0 Å². The Hall–Kier alpha value is -2.38. The van der Waals surface area contributed by atoms with Crippen molar-refractivity contribution in [1.29, 1.82) is 0 Å². The van der Waals surface area contributed by atoms with Gasteiger partial charge in [-0.3, -0.25) is 4.79 Å². The molecule has 128 valence electrons. The maximum atomic E-state index is 12.3. The van der Waals surface area contributed by atoms with Crippen LogP contribution in [0.3, 0.4) is 0 Å². The lowest BCUT2D eigenvalue weighted by molar-refractivity contribution is 0.102. The highest BCUT2D eigenvalue weighted by Crippen LogP contribution is 2.18. The molecule has 2 rings (SSSR count). The van der Waals surface area contributed by atoms with Crippen LogP contribution in [0.5, 0.6) is 5.75 Å². The SMILES string of the molecule is COc1cccc(NC(=O)c2cccc(S(=O)(=O)NC(C)C)c2)c1. The fourth-order valence-corrected chi connectivity index (χ4v) is 3.38. The third kappa shape index (κ3) is 4.56. The maximum Gasteiger partial charge on any atom is 0.255 e. The summed E-state index contributed by atoms with van der Waals surface area (Å²) in [5.41, 5.74) is 0.817. The summed E-state index contributed by atoms with van der Waals surface area (Å²) in [4.78, 5) is 12.4. The number of methoxy groups -OCH3 is 1. The summed E-state index contributed by atoms with van der Waals surface area (Å²) < 4.78 is 32.0. The van der Waals surface area contributed by atoms with E-state index in [0.29, 0.717) is 11.4 Å². The van der Waals surface area contributed by atoms with Crippen LogP contribution in [0.25, 0.3) is 0 Å². The molecule has 7 heteroatoms. The number of amides is 1. The van der Waals surface area contributed by atoms with Crippen molar-refractivity contribution in [3.63, 3.8) is 0 Å². The van der Waals surface area contributed by atoms with Gasteiger partial charge in [0.05, 0.1) is 12.0 Å². The highest BCUT2D eigenvalue weighted by atomic mass is 32.2. The van der Waals surface area contributed by atoms with Crippen LogP contribution in [0.4, 0.5) is 5.69 Å². The minimum absolute atomic E-state index is 0.0505. The van der Waals surface area contributed by atoms with Gasteiger partial charge in [-0.15, -0.1) is 0 Å². The number of hydrogen-bond acceptors (Lipinski definition) is 4. The molecule has 0 aromatic heterocycles. The molecule has 0 saturated heterocycles. The van der Waals surface area contributed by atoms with Crippen LogP contribution < -0.4 is 14.8 Å². The van der Waals surface area contributed by atoms with Crippen LogP contribution in [0, 0.1) is 0 Å². The first kappa shape index (κ1) is 18.0. The Morgan fingerprint density at radius 1 is 1.08 bits per heavy atom. The molecule has 0 heterocycles.